The highest BCUT2D eigenvalue weighted by Crippen LogP contribution is 2.46. The fraction of sp³-hybridized carbons (Fsp3) is 0. The lowest BCUT2D eigenvalue weighted by Gasteiger charge is -2.44. The molecule has 0 amide bonds. The molecule has 0 spiro atoms. The largest absolute Gasteiger partial charge is 0.399 e. The minimum atomic E-state index is -0.0531. The van der Waals surface area contributed by atoms with Gasteiger partial charge in [-0.25, -0.2) is 0 Å². The lowest BCUT2D eigenvalue weighted by Crippen LogP contribution is -2.61. The van der Waals surface area contributed by atoms with Crippen LogP contribution in [-0.2, 0) is 0 Å². The van der Waals surface area contributed by atoms with Gasteiger partial charge in [0.05, 0.1) is 0 Å². The van der Waals surface area contributed by atoms with E-state index in [-0.39, 0.29) is 6.71 Å². The van der Waals surface area contributed by atoms with E-state index in [2.05, 4.69) is 228 Å². The minimum absolute atomic E-state index is 0.0531. The van der Waals surface area contributed by atoms with Crippen molar-refractivity contribution in [3.63, 3.8) is 0 Å². The Morgan fingerprint density at radius 3 is 0.966 bits per heavy atom. The van der Waals surface area contributed by atoms with Crippen LogP contribution in [0.25, 0.3) is 44.5 Å². The summed E-state index contributed by atoms with van der Waals surface area (Å²) in [5.74, 6) is 0. The van der Waals surface area contributed by atoms with E-state index in [1.165, 1.54) is 60.9 Å². The van der Waals surface area contributed by atoms with Gasteiger partial charge in [-0.05, 0) is 109 Å². The number of benzene rings is 9. The Bertz CT molecular complexity index is 2730. The molecule has 272 valence electrons. The predicted octanol–water partition coefficient (Wildman–Crippen LogP) is 12.0. The smallest absolute Gasteiger partial charge is 0.252 e. The first-order chi connectivity index (χ1) is 28.7. The number of anilines is 7. The zero-order chi connectivity index (χ0) is 38.6. The summed E-state index contributed by atoms with van der Waals surface area (Å²) in [5, 5.41) is 0. The number of nitrogens with two attached hydrogens (primary N) is 1. The molecule has 0 saturated heterocycles. The van der Waals surface area contributed by atoms with Gasteiger partial charge in [0.15, 0.2) is 0 Å². The van der Waals surface area contributed by atoms with Gasteiger partial charge in [0.2, 0.25) is 0 Å². The van der Waals surface area contributed by atoms with Crippen molar-refractivity contribution in [2.75, 3.05) is 15.5 Å². The van der Waals surface area contributed by atoms with Crippen LogP contribution in [0.4, 0.5) is 39.8 Å². The molecular weight excluding hydrogens is 701 g/mol. The molecule has 2 heterocycles. The maximum atomic E-state index is 7.00. The molecule has 0 saturated carbocycles. The quantitative estimate of drug-likeness (QED) is 0.136. The van der Waals surface area contributed by atoms with Gasteiger partial charge < -0.3 is 15.5 Å². The first kappa shape index (κ1) is 33.8. The number of nitrogens with zero attached hydrogens (tertiary/aromatic N) is 2. The summed E-state index contributed by atoms with van der Waals surface area (Å²) in [6.07, 6.45) is 0. The van der Waals surface area contributed by atoms with Crippen molar-refractivity contribution >= 4 is 62.9 Å². The summed E-state index contributed by atoms with van der Waals surface area (Å²) < 4.78 is 0. The predicted molar refractivity (Wildman–Crippen MR) is 247 cm³/mol. The van der Waals surface area contributed by atoms with Crippen LogP contribution in [0.1, 0.15) is 0 Å². The maximum absolute atomic E-state index is 7.00. The number of hydrogen-bond donors (Lipinski definition) is 1. The number of nitrogen functional groups attached to an aromatic ring is 1. The van der Waals surface area contributed by atoms with Gasteiger partial charge in [0, 0.05) is 39.8 Å². The summed E-state index contributed by atoms with van der Waals surface area (Å²) >= 11 is 0. The van der Waals surface area contributed by atoms with E-state index < -0.39 is 0 Å². The number of hydrogen-bond acceptors (Lipinski definition) is 3. The zero-order valence-corrected chi connectivity index (χ0v) is 31.8. The van der Waals surface area contributed by atoms with Gasteiger partial charge >= 0.3 is 0 Å². The van der Waals surface area contributed by atoms with Crippen molar-refractivity contribution in [1.29, 1.82) is 0 Å². The average Bonchev–Trinajstić information content (AvgIpc) is 3.30. The molecule has 4 heteroatoms. The minimum Gasteiger partial charge on any atom is -0.399 e. The molecule has 0 bridgehead atoms. The highest BCUT2D eigenvalue weighted by Gasteiger charge is 2.43. The molecule has 2 aliphatic heterocycles. The average molecular weight is 740 g/mol. The molecular formula is C54H38BN3. The SMILES string of the molecule is Nc1cc2c3c(c1)N(c1ccc(-c4ccccc4)cc1)c1ccc(-c4ccccc4)cc1B3c1cc(-c3ccccc3)ccc1N2c1ccc(-c2ccccc2)cc1. The molecule has 11 rings (SSSR count). The van der Waals surface area contributed by atoms with E-state index in [9.17, 15) is 0 Å². The molecule has 0 radical (unpaired) electrons. The second-order valence-corrected chi connectivity index (χ2v) is 15.2. The summed E-state index contributed by atoms with van der Waals surface area (Å²) in [7, 11) is 0. The maximum Gasteiger partial charge on any atom is 0.252 e. The molecule has 0 aliphatic carbocycles. The fourth-order valence-electron chi connectivity index (χ4n) is 9.07. The van der Waals surface area contributed by atoms with Gasteiger partial charge in [-0.3, -0.25) is 0 Å². The second-order valence-electron chi connectivity index (χ2n) is 15.2. The normalized spacial score (nSPS) is 12.4. The van der Waals surface area contributed by atoms with Gasteiger partial charge in [-0.2, -0.15) is 0 Å². The van der Waals surface area contributed by atoms with Gasteiger partial charge in [0.1, 0.15) is 0 Å². The van der Waals surface area contributed by atoms with Crippen LogP contribution in [0.3, 0.4) is 0 Å². The van der Waals surface area contributed by atoms with E-state index in [0.717, 1.165) is 39.8 Å². The van der Waals surface area contributed by atoms with E-state index in [1.807, 2.05) is 0 Å². The van der Waals surface area contributed by atoms with Crippen LogP contribution in [0.2, 0.25) is 0 Å². The fourth-order valence-corrected chi connectivity index (χ4v) is 9.07. The van der Waals surface area contributed by atoms with E-state index in [1.54, 1.807) is 0 Å². The summed E-state index contributed by atoms with van der Waals surface area (Å²) in [6, 6.07) is 78.9. The monoisotopic (exact) mass is 739 g/mol. The summed E-state index contributed by atoms with van der Waals surface area (Å²) in [6.45, 7) is -0.0531. The van der Waals surface area contributed by atoms with Crippen molar-refractivity contribution in [1.82, 2.24) is 0 Å². The Balaban J connectivity index is 1.17. The standard InChI is InChI=1S/C54H38BN3/c56-45-35-52-54-53(36-45)58(47-29-23-42(24-30-47)38-15-7-2-8-16-38)51-32-26-44(40-19-11-4-12-20-40)34-49(51)55(54)48-33-43(39-17-9-3-10-18-39)25-31-50(48)57(52)46-27-21-41(22-28-46)37-13-5-1-6-14-37/h1-36H,56H2. The first-order valence-electron chi connectivity index (χ1n) is 19.9. The Labute approximate surface area is 340 Å². The second kappa shape index (κ2) is 13.9. The van der Waals surface area contributed by atoms with E-state index in [4.69, 9.17) is 5.73 Å². The first-order valence-corrected chi connectivity index (χ1v) is 19.9. The highest BCUT2D eigenvalue weighted by molar-refractivity contribution is 7.00. The molecule has 9 aromatic rings. The van der Waals surface area contributed by atoms with Crippen molar-refractivity contribution in [3.05, 3.63) is 218 Å². The molecule has 0 unspecified atom stereocenters. The third-order valence-electron chi connectivity index (χ3n) is 11.8. The molecule has 2 N–H and O–H groups in total. The van der Waals surface area contributed by atoms with Gasteiger partial charge in [-0.15, -0.1) is 0 Å². The molecule has 2 aliphatic rings. The van der Waals surface area contributed by atoms with Crippen molar-refractivity contribution in [2.45, 2.75) is 0 Å². The molecule has 58 heavy (non-hydrogen) atoms. The highest BCUT2D eigenvalue weighted by atomic mass is 15.2. The molecule has 0 atom stereocenters. The number of rotatable bonds is 6. The van der Waals surface area contributed by atoms with E-state index >= 15 is 0 Å². The van der Waals surface area contributed by atoms with Crippen molar-refractivity contribution in [3.8, 4) is 44.5 Å². The summed E-state index contributed by atoms with van der Waals surface area (Å²) in [5.41, 5.74) is 27.7. The lowest BCUT2D eigenvalue weighted by atomic mass is 9.33. The molecule has 9 aromatic carbocycles. The van der Waals surface area contributed by atoms with Crippen LogP contribution < -0.4 is 31.9 Å². The van der Waals surface area contributed by atoms with Gasteiger partial charge in [-0.1, -0.05) is 170 Å². The molecule has 3 nitrogen and oxygen atoms in total. The van der Waals surface area contributed by atoms with Crippen molar-refractivity contribution < 1.29 is 0 Å². The Hall–Kier alpha value is -7.56. The van der Waals surface area contributed by atoms with Crippen LogP contribution in [0.15, 0.2) is 218 Å². The zero-order valence-electron chi connectivity index (χ0n) is 31.8. The van der Waals surface area contributed by atoms with Crippen LogP contribution >= 0.6 is 0 Å². The Kier molecular flexibility index (Phi) is 8.08. The van der Waals surface area contributed by atoms with Crippen LogP contribution in [0.5, 0.6) is 0 Å². The van der Waals surface area contributed by atoms with Crippen LogP contribution in [0, 0.1) is 0 Å². The molecule has 0 fully saturated rings. The number of fused-ring (bicyclic) bond motifs is 4. The Morgan fingerprint density at radius 1 is 0.293 bits per heavy atom. The third kappa shape index (κ3) is 5.69. The Morgan fingerprint density at radius 2 is 0.603 bits per heavy atom. The topological polar surface area (TPSA) is 32.5 Å². The van der Waals surface area contributed by atoms with Crippen LogP contribution in [-0.4, -0.2) is 6.71 Å². The van der Waals surface area contributed by atoms with Crippen molar-refractivity contribution in [2.24, 2.45) is 0 Å². The lowest BCUT2D eigenvalue weighted by molar-refractivity contribution is 1.25. The van der Waals surface area contributed by atoms with Gasteiger partial charge in [0.25, 0.3) is 6.71 Å². The third-order valence-corrected chi connectivity index (χ3v) is 11.8. The molecule has 0 aromatic heterocycles. The van der Waals surface area contributed by atoms with E-state index in [0.29, 0.717) is 0 Å². The summed E-state index contributed by atoms with van der Waals surface area (Å²) in [4.78, 5) is 4.85.